The van der Waals surface area contributed by atoms with Crippen molar-refractivity contribution in [2.75, 3.05) is 26.2 Å². The van der Waals surface area contributed by atoms with Gasteiger partial charge in [0.05, 0.1) is 17.9 Å². The number of imide groups is 1. The molecule has 2 atom stereocenters. The van der Waals surface area contributed by atoms with Gasteiger partial charge >= 0.3 is 12.1 Å². The van der Waals surface area contributed by atoms with Crippen LogP contribution >= 0.6 is 0 Å². The summed E-state index contributed by atoms with van der Waals surface area (Å²) >= 11 is 0. The number of aromatic nitrogens is 3. The molecule has 1 aromatic heterocycles. The van der Waals surface area contributed by atoms with Gasteiger partial charge in [-0.2, -0.15) is 13.2 Å². The van der Waals surface area contributed by atoms with Crippen LogP contribution in [0.4, 0.5) is 13.2 Å². The number of carbonyl (C=O) groups excluding carboxylic acids is 4. The number of carbonyl (C=O) groups is 5. The molecule has 2 N–H and O–H groups in total. The van der Waals surface area contributed by atoms with E-state index in [0.717, 1.165) is 5.56 Å². The number of hydrogen-bond acceptors (Lipinski definition) is 8. The predicted octanol–water partition coefficient (Wildman–Crippen LogP) is 0.441. The van der Waals surface area contributed by atoms with Gasteiger partial charge in [-0.15, -0.1) is 11.5 Å². The molecule has 5 rings (SSSR count). The van der Waals surface area contributed by atoms with E-state index in [0.29, 0.717) is 50.4 Å². The highest BCUT2D eigenvalue weighted by atomic mass is 19.4. The monoisotopic (exact) mass is 589 g/mol. The molecule has 0 radical (unpaired) electrons. The lowest BCUT2D eigenvalue weighted by Gasteiger charge is -2.36. The second-order valence-electron chi connectivity index (χ2n) is 9.76. The Labute approximate surface area is 237 Å². The average molecular weight is 590 g/mol. The quantitative estimate of drug-likeness (QED) is 0.381. The molecule has 16 heteroatoms. The number of hydrogen-bond donors (Lipinski definition) is 2. The highest BCUT2D eigenvalue weighted by molar-refractivity contribution is 6.05. The molecule has 0 bridgehead atoms. The summed E-state index contributed by atoms with van der Waals surface area (Å²) in [5, 5.41) is 17.6. The van der Waals surface area contributed by atoms with Crippen LogP contribution in [-0.2, 0) is 20.9 Å². The summed E-state index contributed by atoms with van der Waals surface area (Å²) in [6.45, 7) is 4.77. The smallest absolute Gasteiger partial charge is 0.475 e. The van der Waals surface area contributed by atoms with E-state index in [2.05, 4.69) is 26.4 Å². The second kappa shape index (κ2) is 12.0. The Bertz CT molecular complexity index is 1460. The van der Waals surface area contributed by atoms with Gasteiger partial charge in [0.25, 0.3) is 11.8 Å². The normalized spacial score (nSPS) is 19.8. The number of terminal acetylenes is 1. The maximum absolute atomic E-state index is 13.1. The van der Waals surface area contributed by atoms with Gasteiger partial charge in [0.15, 0.2) is 5.69 Å². The van der Waals surface area contributed by atoms with Crippen LogP contribution in [0, 0.1) is 12.3 Å². The number of fused-ring (bicyclic) bond motifs is 1. The minimum Gasteiger partial charge on any atom is -0.475 e. The summed E-state index contributed by atoms with van der Waals surface area (Å²) in [6.07, 6.45) is 2.48. The molecule has 0 aliphatic carbocycles. The van der Waals surface area contributed by atoms with Crippen LogP contribution in [0.3, 0.4) is 0 Å². The first-order valence-corrected chi connectivity index (χ1v) is 12.8. The number of aliphatic carboxylic acids is 1. The first kappa shape index (κ1) is 30.2. The third-order valence-electron chi connectivity index (χ3n) is 7.12. The van der Waals surface area contributed by atoms with Crippen LogP contribution in [0.15, 0.2) is 24.4 Å². The van der Waals surface area contributed by atoms with Gasteiger partial charge in [0.1, 0.15) is 6.04 Å². The van der Waals surface area contributed by atoms with E-state index in [-0.39, 0.29) is 35.9 Å². The molecule has 2 aromatic rings. The Hall–Kier alpha value is -4.78. The minimum absolute atomic E-state index is 0.0292. The lowest BCUT2D eigenvalue weighted by atomic mass is 10.0. The molecule has 2 unspecified atom stereocenters. The van der Waals surface area contributed by atoms with Crippen LogP contribution in [0.5, 0.6) is 0 Å². The van der Waals surface area contributed by atoms with Crippen molar-refractivity contribution in [2.45, 2.75) is 44.6 Å². The molecule has 3 aliphatic rings. The van der Waals surface area contributed by atoms with Gasteiger partial charge in [-0.05, 0) is 31.0 Å². The molecular weight excluding hydrogens is 563 g/mol. The minimum atomic E-state index is -5.08. The van der Waals surface area contributed by atoms with Crippen molar-refractivity contribution < 1.29 is 42.3 Å². The number of carboxylic acid groups (broad SMARTS) is 1. The summed E-state index contributed by atoms with van der Waals surface area (Å²) in [7, 11) is 0. The van der Waals surface area contributed by atoms with Crippen molar-refractivity contribution in [1.82, 2.24) is 35.0 Å². The van der Waals surface area contributed by atoms with Gasteiger partial charge in [0, 0.05) is 44.7 Å². The Morgan fingerprint density at radius 2 is 1.83 bits per heavy atom. The standard InChI is InChI=1S/C24H25N7O4.C2HF3O2/c1-3-15(2)28-8-10-29(11-9-28)24(35)19-14-31(27-26-19)17-5-4-16-13-30(23(34)18(16)12-17)20-6-7-21(32)25-22(20)33;3-2(4,5)1(6)7/h1,4-5,12,14-15,20H,6-11,13H2,2H3,(H,25,32,33);(H,6,7). The summed E-state index contributed by atoms with van der Waals surface area (Å²) in [4.78, 5) is 64.0. The fraction of sp³-hybridized carbons (Fsp3) is 0.423. The van der Waals surface area contributed by atoms with E-state index >= 15 is 0 Å². The van der Waals surface area contributed by atoms with E-state index < -0.39 is 24.1 Å². The number of piperidine rings is 1. The van der Waals surface area contributed by atoms with Crippen molar-refractivity contribution in [2.24, 2.45) is 0 Å². The molecule has 222 valence electrons. The number of alkyl halides is 3. The molecular formula is C26H26F3N7O6. The summed E-state index contributed by atoms with van der Waals surface area (Å²) in [6, 6.07) is 4.65. The van der Waals surface area contributed by atoms with Gasteiger partial charge in [0.2, 0.25) is 11.8 Å². The molecule has 0 spiro atoms. The number of carboxylic acids is 1. The summed E-state index contributed by atoms with van der Waals surface area (Å²) in [5.74, 6) is -1.29. The van der Waals surface area contributed by atoms with Crippen molar-refractivity contribution in [3.63, 3.8) is 0 Å². The number of benzene rings is 1. The van der Waals surface area contributed by atoms with E-state index in [1.165, 1.54) is 9.58 Å². The Morgan fingerprint density at radius 1 is 1.17 bits per heavy atom. The van der Waals surface area contributed by atoms with Crippen LogP contribution < -0.4 is 5.32 Å². The summed E-state index contributed by atoms with van der Waals surface area (Å²) in [5.41, 5.74) is 2.06. The van der Waals surface area contributed by atoms with Crippen molar-refractivity contribution in [1.29, 1.82) is 0 Å². The zero-order valence-corrected chi connectivity index (χ0v) is 22.3. The van der Waals surface area contributed by atoms with E-state index in [9.17, 15) is 32.3 Å². The van der Waals surface area contributed by atoms with Gasteiger partial charge < -0.3 is 14.9 Å². The zero-order valence-electron chi connectivity index (χ0n) is 22.3. The largest absolute Gasteiger partial charge is 0.490 e. The second-order valence-corrected chi connectivity index (χ2v) is 9.76. The van der Waals surface area contributed by atoms with E-state index in [1.807, 2.05) is 13.0 Å². The van der Waals surface area contributed by atoms with Crippen LogP contribution in [0.2, 0.25) is 0 Å². The van der Waals surface area contributed by atoms with Crippen LogP contribution in [-0.4, -0.2) is 109 Å². The highest BCUT2D eigenvalue weighted by Crippen LogP contribution is 2.29. The number of rotatable bonds is 4. The zero-order chi connectivity index (χ0) is 30.8. The first-order chi connectivity index (χ1) is 19.8. The number of nitrogens with one attached hydrogen (secondary N) is 1. The van der Waals surface area contributed by atoms with Gasteiger partial charge in [-0.1, -0.05) is 17.2 Å². The molecule has 13 nitrogen and oxygen atoms in total. The van der Waals surface area contributed by atoms with E-state index in [4.69, 9.17) is 16.3 Å². The maximum Gasteiger partial charge on any atom is 0.490 e. The molecule has 2 fully saturated rings. The highest BCUT2D eigenvalue weighted by Gasteiger charge is 2.39. The first-order valence-electron chi connectivity index (χ1n) is 12.8. The van der Waals surface area contributed by atoms with E-state index in [1.54, 1.807) is 23.2 Å². The third-order valence-corrected chi connectivity index (χ3v) is 7.12. The molecule has 3 aliphatic heterocycles. The fourth-order valence-electron chi connectivity index (χ4n) is 4.75. The predicted molar refractivity (Wildman–Crippen MR) is 137 cm³/mol. The van der Waals surface area contributed by atoms with Crippen LogP contribution in [0.25, 0.3) is 5.69 Å². The topological polar surface area (TPSA) is 158 Å². The lowest BCUT2D eigenvalue weighted by Crippen LogP contribution is -2.52. The summed E-state index contributed by atoms with van der Waals surface area (Å²) < 4.78 is 33.2. The van der Waals surface area contributed by atoms with Gasteiger partial charge in [-0.3, -0.25) is 29.4 Å². The number of nitrogens with zero attached hydrogens (tertiary/aromatic N) is 6. The maximum atomic E-state index is 13.1. The van der Waals surface area contributed by atoms with Crippen molar-refractivity contribution in [3.8, 4) is 18.0 Å². The van der Waals surface area contributed by atoms with Gasteiger partial charge in [-0.25, -0.2) is 9.48 Å². The molecule has 4 amide bonds. The SMILES string of the molecule is C#CC(C)N1CCN(C(=O)c2cn(-c3ccc4c(c3)C(=O)N(C3CCC(=O)NC3=O)C4)nn2)CC1.O=C(O)C(F)(F)F. The number of halogens is 3. The Balaban J connectivity index is 0.000000517. The Kier molecular flexibility index (Phi) is 8.62. The molecule has 4 heterocycles. The van der Waals surface area contributed by atoms with Crippen LogP contribution in [0.1, 0.15) is 46.2 Å². The number of amides is 4. The fourth-order valence-corrected chi connectivity index (χ4v) is 4.75. The number of piperazine rings is 1. The molecule has 1 aromatic carbocycles. The molecule has 42 heavy (non-hydrogen) atoms. The molecule has 0 saturated carbocycles. The van der Waals surface area contributed by atoms with Crippen molar-refractivity contribution in [3.05, 3.63) is 41.2 Å². The van der Waals surface area contributed by atoms with Crippen molar-refractivity contribution >= 4 is 29.6 Å². The Morgan fingerprint density at radius 3 is 2.43 bits per heavy atom. The lowest BCUT2D eigenvalue weighted by molar-refractivity contribution is -0.192. The average Bonchev–Trinajstić information content (AvgIpc) is 3.57. The third kappa shape index (κ3) is 6.41. The molecule has 2 saturated heterocycles.